The molecule has 10 aromatic rings. The van der Waals surface area contributed by atoms with Gasteiger partial charge < -0.3 is 33.2 Å². The van der Waals surface area contributed by atoms with E-state index in [0.717, 1.165) is 101 Å². The van der Waals surface area contributed by atoms with Gasteiger partial charge in [0.15, 0.2) is 0 Å². The molecule has 0 radical (unpaired) electrons. The Morgan fingerprint density at radius 1 is 0.342 bits per heavy atom. The van der Waals surface area contributed by atoms with E-state index in [-0.39, 0.29) is 20.1 Å². The first-order valence-electron chi connectivity index (χ1n) is 24.9. The highest BCUT2D eigenvalue weighted by atomic mass is 32.2. The van der Waals surface area contributed by atoms with Crippen LogP contribution in [0.15, 0.2) is 189 Å². The zero-order chi connectivity index (χ0) is 50.2. The molecule has 0 atom stereocenters. The Morgan fingerprint density at radius 3 is 1.11 bits per heavy atom. The maximum absolute atomic E-state index is 7.11. The lowest BCUT2D eigenvalue weighted by molar-refractivity contribution is 0.442. The Bertz CT molecular complexity index is 3850. The highest BCUT2D eigenvalue weighted by Gasteiger charge is 2.49. The van der Waals surface area contributed by atoms with Gasteiger partial charge in [-0.2, -0.15) is 0 Å². The van der Waals surface area contributed by atoms with E-state index >= 15 is 0 Å². The topological polar surface area (TPSA) is 96.9 Å². The molecule has 0 bridgehead atoms. The number of rotatable bonds is 8. The molecule has 6 aliphatic rings. The van der Waals surface area contributed by atoms with Crippen molar-refractivity contribution in [3.05, 3.63) is 189 Å². The van der Waals surface area contributed by atoms with E-state index in [1.54, 1.807) is 36.3 Å². The van der Waals surface area contributed by atoms with E-state index in [9.17, 15) is 0 Å². The standard InChI is InChI=1S/C60H37B3N4O7S2/c1-75-66-46-30-52-42(62-44-32-64-20-18-50(44)71-54-24-38(26-56(73-52)59(54)62)69-35-14-8-4-9-15-35)28-40(46)61-41-29-43-53(31-47(41)67(76-2)49-23-37(22-48(66)58(49)61)68-34-12-6-3-7-13-34)74-57-27-39(70-36-16-10-5-11-17-36)25-55-60(57)63(43)45-33-65-21-19-51(45)72-55/h3-33H,1-2H3. The molecule has 16 rings (SSSR count). The summed E-state index contributed by atoms with van der Waals surface area (Å²) in [6, 6.07) is 54.7. The van der Waals surface area contributed by atoms with E-state index in [1.165, 1.54) is 0 Å². The highest BCUT2D eigenvalue weighted by molar-refractivity contribution is 8.00. The number of pyridine rings is 2. The predicted molar refractivity (Wildman–Crippen MR) is 306 cm³/mol. The Hall–Kier alpha value is -8.85. The number of anilines is 4. The van der Waals surface area contributed by atoms with E-state index < -0.39 is 0 Å². The third kappa shape index (κ3) is 6.63. The van der Waals surface area contributed by atoms with E-state index in [4.69, 9.17) is 33.2 Å². The van der Waals surface area contributed by atoms with Gasteiger partial charge in [-0.1, -0.05) is 66.7 Å². The minimum atomic E-state index is -0.257. The molecular weight excluding hydrogens is 985 g/mol. The molecule has 0 spiro atoms. The van der Waals surface area contributed by atoms with Gasteiger partial charge in [0.2, 0.25) is 0 Å². The zero-order valence-electron chi connectivity index (χ0n) is 40.6. The number of fused-ring (bicyclic) bond motifs is 12. The van der Waals surface area contributed by atoms with Crippen molar-refractivity contribution in [3.63, 3.8) is 0 Å². The van der Waals surface area contributed by atoms with Crippen molar-refractivity contribution in [2.75, 3.05) is 21.1 Å². The number of nitrogens with zero attached hydrogens (tertiary/aromatic N) is 4. The fourth-order valence-corrected chi connectivity index (χ4v) is 13.4. The number of hydrogen-bond acceptors (Lipinski definition) is 13. The van der Waals surface area contributed by atoms with Crippen LogP contribution in [0.1, 0.15) is 0 Å². The first-order valence-corrected chi connectivity index (χ1v) is 27.3. The van der Waals surface area contributed by atoms with Crippen LogP contribution in [0.3, 0.4) is 0 Å². The SMILES string of the molecule is CSN1c2cc3c(cc2B2c4cc5c(cc4N(SC)c4cc(Oc6ccccc6)cc1c42)Oc1cc(Oc2ccccc2)cc2c1B5c1cnccc1O2)B1c2cnccc2Oc2cc(Oc4ccccc4)cc(c21)O3. The summed E-state index contributed by atoms with van der Waals surface area (Å²) in [4.78, 5) is 9.33. The van der Waals surface area contributed by atoms with Crippen LogP contribution in [0.25, 0.3) is 0 Å². The van der Waals surface area contributed by atoms with Gasteiger partial charge in [-0.15, -0.1) is 0 Å². The van der Waals surface area contributed by atoms with Crippen molar-refractivity contribution in [1.29, 1.82) is 0 Å². The van der Waals surface area contributed by atoms with Crippen LogP contribution >= 0.6 is 23.9 Å². The van der Waals surface area contributed by atoms with Crippen LogP contribution in [0.5, 0.6) is 80.5 Å². The lowest BCUT2D eigenvalue weighted by Gasteiger charge is -2.44. The Kier molecular flexibility index (Phi) is 9.65. The van der Waals surface area contributed by atoms with Crippen LogP contribution in [0, 0.1) is 0 Å². The maximum atomic E-state index is 7.11. The molecule has 8 aromatic carbocycles. The summed E-state index contributed by atoms with van der Waals surface area (Å²) < 4.78 is 51.9. The molecule has 0 N–H and O–H groups in total. The summed E-state index contributed by atoms with van der Waals surface area (Å²) in [5.41, 5.74) is 13.3. The molecule has 0 aliphatic carbocycles. The van der Waals surface area contributed by atoms with Crippen LogP contribution in [0.4, 0.5) is 22.7 Å². The van der Waals surface area contributed by atoms with Gasteiger partial charge in [0.05, 0.1) is 22.7 Å². The Balaban J connectivity index is 0.916. The van der Waals surface area contributed by atoms with E-state index in [1.807, 2.05) is 140 Å². The van der Waals surface area contributed by atoms with Gasteiger partial charge in [-0.05, 0) is 111 Å². The summed E-state index contributed by atoms with van der Waals surface area (Å²) in [5, 5.41) is 0. The molecule has 16 heteroatoms. The van der Waals surface area contributed by atoms with Crippen molar-refractivity contribution in [3.8, 4) is 80.5 Å². The first-order chi connectivity index (χ1) is 37.5. The normalized spacial score (nSPS) is 13.8. The predicted octanol–water partition coefficient (Wildman–Crippen LogP) is 9.28. The van der Waals surface area contributed by atoms with E-state index in [2.05, 4.69) is 67.5 Å². The molecule has 0 saturated carbocycles. The molecule has 0 unspecified atom stereocenters. The van der Waals surface area contributed by atoms with Crippen molar-refractivity contribution < 1.29 is 33.2 Å². The molecule has 76 heavy (non-hydrogen) atoms. The van der Waals surface area contributed by atoms with Gasteiger partial charge in [-0.3, -0.25) is 18.6 Å². The molecule has 6 aliphatic heterocycles. The third-order valence-electron chi connectivity index (χ3n) is 15.0. The second-order valence-corrected chi connectivity index (χ2v) is 20.6. The van der Waals surface area contributed by atoms with Gasteiger partial charge in [0, 0.05) is 96.8 Å². The van der Waals surface area contributed by atoms with Gasteiger partial charge in [0.25, 0.3) is 20.1 Å². The molecule has 8 heterocycles. The number of hydrogen-bond donors (Lipinski definition) is 0. The van der Waals surface area contributed by atoms with Crippen LogP contribution < -0.4 is 90.9 Å². The highest BCUT2D eigenvalue weighted by Crippen LogP contribution is 2.48. The third-order valence-corrected chi connectivity index (χ3v) is 16.5. The summed E-state index contributed by atoms with van der Waals surface area (Å²) in [5.74, 6) is 9.74. The van der Waals surface area contributed by atoms with Crippen LogP contribution in [0.2, 0.25) is 0 Å². The lowest BCUT2D eigenvalue weighted by Crippen LogP contribution is -2.65. The van der Waals surface area contributed by atoms with Crippen molar-refractivity contribution >= 4 is 116 Å². The van der Waals surface area contributed by atoms with E-state index in [0.29, 0.717) is 51.7 Å². The number of para-hydroxylation sites is 3. The van der Waals surface area contributed by atoms with Crippen molar-refractivity contribution in [1.82, 2.24) is 9.97 Å². The zero-order valence-corrected chi connectivity index (χ0v) is 42.2. The average molecular weight is 1020 g/mol. The van der Waals surface area contributed by atoms with Gasteiger partial charge in [0.1, 0.15) is 80.5 Å². The minimum Gasteiger partial charge on any atom is -0.458 e. The molecule has 360 valence electrons. The lowest BCUT2D eigenvalue weighted by atomic mass is 9.30. The minimum absolute atomic E-state index is 0.255. The van der Waals surface area contributed by atoms with Gasteiger partial charge >= 0.3 is 0 Å². The molecule has 0 saturated heterocycles. The quantitative estimate of drug-likeness (QED) is 0.107. The Morgan fingerprint density at radius 2 is 0.711 bits per heavy atom. The summed E-state index contributed by atoms with van der Waals surface area (Å²) in [6.45, 7) is -0.770. The smallest absolute Gasteiger partial charge is 0.262 e. The number of ether oxygens (including phenoxy) is 7. The van der Waals surface area contributed by atoms with Crippen molar-refractivity contribution in [2.24, 2.45) is 0 Å². The summed E-state index contributed by atoms with van der Waals surface area (Å²) in [7, 11) is 0. The number of benzene rings is 8. The van der Waals surface area contributed by atoms with Gasteiger partial charge in [-0.25, -0.2) is 0 Å². The summed E-state index contributed by atoms with van der Waals surface area (Å²) in [6.07, 6.45) is 11.6. The van der Waals surface area contributed by atoms with Crippen LogP contribution in [-0.2, 0) is 0 Å². The monoisotopic (exact) mass is 1020 g/mol. The first kappa shape index (κ1) is 43.5. The molecule has 2 aromatic heterocycles. The fraction of sp³-hybridized carbons (Fsp3) is 0.0333. The fourth-order valence-electron chi connectivity index (χ4n) is 12.0. The molecule has 11 nitrogen and oxygen atoms in total. The summed E-state index contributed by atoms with van der Waals surface area (Å²) >= 11 is 3.30. The largest absolute Gasteiger partial charge is 0.458 e. The van der Waals surface area contributed by atoms with Crippen LogP contribution in [-0.4, -0.2) is 42.6 Å². The molecule has 0 fully saturated rings. The Labute approximate surface area is 446 Å². The number of aromatic nitrogens is 2. The molecular formula is C60H37B3N4O7S2. The maximum Gasteiger partial charge on any atom is 0.262 e. The average Bonchev–Trinajstić information content (AvgIpc) is 3.45. The molecule has 0 amide bonds. The van der Waals surface area contributed by atoms with Crippen molar-refractivity contribution in [2.45, 2.75) is 0 Å². The second-order valence-electron chi connectivity index (χ2n) is 19.2. The second kappa shape index (κ2) is 16.8.